The highest BCUT2D eigenvalue weighted by molar-refractivity contribution is 5.03. The van der Waals surface area contributed by atoms with Crippen molar-refractivity contribution < 1.29 is 4.74 Å². The standard InChI is InChI=1S/C10H19NO/c1-8(2)10-5-4-9(11(10)3)6-12-7-10/h8-9H,4-7H2,1-3H3. The van der Waals surface area contributed by atoms with E-state index in [0.717, 1.165) is 13.2 Å². The molecule has 0 radical (unpaired) electrons. The van der Waals surface area contributed by atoms with E-state index in [-0.39, 0.29) is 0 Å². The van der Waals surface area contributed by atoms with Crippen LogP contribution in [0.2, 0.25) is 0 Å². The number of likely N-dealkylation sites (N-methyl/N-ethyl adjacent to an activating group) is 1. The van der Waals surface area contributed by atoms with Gasteiger partial charge in [0.05, 0.1) is 13.2 Å². The van der Waals surface area contributed by atoms with Gasteiger partial charge in [-0.3, -0.25) is 4.90 Å². The predicted molar refractivity (Wildman–Crippen MR) is 49.2 cm³/mol. The van der Waals surface area contributed by atoms with Gasteiger partial charge in [-0.1, -0.05) is 13.8 Å². The van der Waals surface area contributed by atoms with Gasteiger partial charge >= 0.3 is 0 Å². The number of morpholine rings is 1. The molecule has 0 spiro atoms. The third kappa shape index (κ3) is 0.944. The maximum Gasteiger partial charge on any atom is 0.0653 e. The fraction of sp³-hybridized carbons (Fsp3) is 1.00. The molecule has 70 valence electrons. The largest absolute Gasteiger partial charge is 0.378 e. The van der Waals surface area contributed by atoms with E-state index >= 15 is 0 Å². The van der Waals surface area contributed by atoms with E-state index < -0.39 is 0 Å². The van der Waals surface area contributed by atoms with Crippen LogP contribution in [0, 0.1) is 5.92 Å². The zero-order valence-electron chi connectivity index (χ0n) is 8.34. The minimum atomic E-state index is 0.364. The van der Waals surface area contributed by atoms with Gasteiger partial charge in [-0.2, -0.15) is 0 Å². The lowest BCUT2D eigenvalue weighted by molar-refractivity contribution is -0.0748. The molecule has 0 N–H and O–H groups in total. The molecule has 0 saturated carbocycles. The molecule has 2 atom stereocenters. The Hall–Kier alpha value is -0.0800. The summed E-state index contributed by atoms with van der Waals surface area (Å²) >= 11 is 0. The second-order valence-corrected chi connectivity index (χ2v) is 4.58. The summed E-state index contributed by atoms with van der Waals surface area (Å²) in [5.74, 6) is 0.716. The molecular formula is C10H19NO. The third-order valence-corrected chi connectivity index (χ3v) is 3.90. The van der Waals surface area contributed by atoms with Gasteiger partial charge < -0.3 is 4.74 Å². The summed E-state index contributed by atoms with van der Waals surface area (Å²) in [5, 5.41) is 0. The monoisotopic (exact) mass is 169 g/mol. The molecular weight excluding hydrogens is 150 g/mol. The molecule has 0 amide bonds. The van der Waals surface area contributed by atoms with Crippen molar-refractivity contribution in [2.75, 3.05) is 20.3 Å². The summed E-state index contributed by atoms with van der Waals surface area (Å²) in [6.45, 7) is 6.52. The van der Waals surface area contributed by atoms with Gasteiger partial charge in [0.2, 0.25) is 0 Å². The van der Waals surface area contributed by atoms with Crippen molar-refractivity contribution in [3.8, 4) is 0 Å². The van der Waals surface area contributed by atoms with Gasteiger partial charge in [0.25, 0.3) is 0 Å². The lowest BCUT2D eigenvalue weighted by Gasteiger charge is -2.45. The first kappa shape index (κ1) is 8.52. The molecule has 2 rings (SSSR count). The highest BCUT2D eigenvalue weighted by atomic mass is 16.5. The fourth-order valence-electron chi connectivity index (χ4n) is 2.75. The Morgan fingerprint density at radius 2 is 2.25 bits per heavy atom. The average Bonchev–Trinajstić information content (AvgIpc) is 2.28. The van der Waals surface area contributed by atoms with Crippen LogP contribution < -0.4 is 0 Å². The normalized spacial score (nSPS) is 42.5. The Morgan fingerprint density at radius 1 is 1.50 bits per heavy atom. The van der Waals surface area contributed by atoms with Crippen LogP contribution in [0.25, 0.3) is 0 Å². The van der Waals surface area contributed by atoms with Crippen LogP contribution in [0.4, 0.5) is 0 Å². The van der Waals surface area contributed by atoms with Crippen LogP contribution in [0.3, 0.4) is 0 Å². The van der Waals surface area contributed by atoms with Gasteiger partial charge in [-0.25, -0.2) is 0 Å². The minimum absolute atomic E-state index is 0.364. The number of hydrogen-bond acceptors (Lipinski definition) is 2. The van der Waals surface area contributed by atoms with Crippen LogP contribution >= 0.6 is 0 Å². The Bertz CT molecular complexity index is 177. The summed E-state index contributed by atoms with van der Waals surface area (Å²) in [4.78, 5) is 2.56. The smallest absolute Gasteiger partial charge is 0.0653 e. The zero-order chi connectivity index (χ0) is 8.77. The zero-order valence-corrected chi connectivity index (χ0v) is 8.34. The number of ether oxygens (including phenoxy) is 1. The van der Waals surface area contributed by atoms with E-state index in [1.807, 2.05) is 0 Å². The molecule has 12 heavy (non-hydrogen) atoms. The number of rotatable bonds is 1. The first-order valence-electron chi connectivity index (χ1n) is 4.97. The van der Waals surface area contributed by atoms with Crippen molar-refractivity contribution in [3.05, 3.63) is 0 Å². The van der Waals surface area contributed by atoms with Crippen LogP contribution in [0.5, 0.6) is 0 Å². The average molecular weight is 169 g/mol. The van der Waals surface area contributed by atoms with Crippen LogP contribution in [0.15, 0.2) is 0 Å². The van der Waals surface area contributed by atoms with Crippen molar-refractivity contribution in [2.24, 2.45) is 5.92 Å². The molecule has 0 aromatic carbocycles. The predicted octanol–water partition coefficient (Wildman–Crippen LogP) is 1.51. The second-order valence-electron chi connectivity index (χ2n) is 4.58. The van der Waals surface area contributed by atoms with Crippen LogP contribution in [0.1, 0.15) is 26.7 Å². The molecule has 2 bridgehead atoms. The topological polar surface area (TPSA) is 12.5 Å². The maximum atomic E-state index is 5.65. The van der Waals surface area contributed by atoms with E-state index in [1.54, 1.807) is 0 Å². The number of hydrogen-bond donors (Lipinski definition) is 0. The van der Waals surface area contributed by atoms with Crippen LogP contribution in [-0.4, -0.2) is 36.7 Å². The quantitative estimate of drug-likeness (QED) is 0.590. The highest BCUT2D eigenvalue weighted by Gasteiger charge is 2.49. The highest BCUT2D eigenvalue weighted by Crippen LogP contribution is 2.41. The molecule has 2 nitrogen and oxygen atoms in total. The third-order valence-electron chi connectivity index (χ3n) is 3.90. The molecule has 0 aromatic rings. The molecule has 2 aliphatic heterocycles. The molecule has 0 aliphatic carbocycles. The molecule has 2 unspecified atom stereocenters. The first-order valence-corrected chi connectivity index (χ1v) is 4.97. The number of fused-ring (bicyclic) bond motifs is 2. The molecule has 2 heteroatoms. The molecule has 0 aromatic heterocycles. The molecule has 2 fully saturated rings. The SMILES string of the molecule is CC(C)C12CCC(COC1)N2C. The van der Waals surface area contributed by atoms with E-state index in [0.29, 0.717) is 17.5 Å². The Kier molecular flexibility index (Phi) is 1.92. The van der Waals surface area contributed by atoms with Gasteiger partial charge in [0, 0.05) is 11.6 Å². The van der Waals surface area contributed by atoms with Gasteiger partial charge in [-0.05, 0) is 25.8 Å². The van der Waals surface area contributed by atoms with E-state index in [2.05, 4.69) is 25.8 Å². The second kappa shape index (κ2) is 2.71. The Labute approximate surface area is 74.9 Å². The van der Waals surface area contributed by atoms with Crippen molar-refractivity contribution in [2.45, 2.75) is 38.3 Å². The molecule has 2 saturated heterocycles. The van der Waals surface area contributed by atoms with E-state index in [4.69, 9.17) is 4.74 Å². The van der Waals surface area contributed by atoms with Gasteiger partial charge in [0.15, 0.2) is 0 Å². The summed E-state index contributed by atoms with van der Waals surface area (Å²) in [6.07, 6.45) is 2.65. The summed E-state index contributed by atoms with van der Waals surface area (Å²) in [7, 11) is 2.26. The number of nitrogens with zero attached hydrogens (tertiary/aromatic N) is 1. The van der Waals surface area contributed by atoms with Crippen molar-refractivity contribution in [1.82, 2.24) is 4.90 Å². The van der Waals surface area contributed by atoms with E-state index in [9.17, 15) is 0 Å². The van der Waals surface area contributed by atoms with Crippen LogP contribution in [-0.2, 0) is 4.74 Å². The van der Waals surface area contributed by atoms with E-state index in [1.165, 1.54) is 12.8 Å². The molecule has 2 heterocycles. The lowest BCUT2D eigenvalue weighted by atomic mass is 9.85. The maximum absolute atomic E-state index is 5.65. The fourth-order valence-corrected chi connectivity index (χ4v) is 2.75. The van der Waals surface area contributed by atoms with Gasteiger partial charge in [0.1, 0.15) is 0 Å². The summed E-state index contributed by atoms with van der Waals surface area (Å²) in [5.41, 5.74) is 0.364. The van der Waals surface area contributed by atoms with Crippen molar-refractivity contribution in [3.63, 3.8) is 0 Å². The van der Waals surface area contributed by atoms with Crippen molar-refractivity contribution in [1.29, 1.82) is 0 Å². The Balaban J connectivity index is 2.23. The summed E-state index contributed by atoms with van der Waals surface area (Å²) < 4.78 is 5.65. The summed E-state index contributed by atoms with van der Waals surface area (Å²) in [6, 6.07) is 0.696. The first-order chi connectivity index (χ1) is 5.67. The lowest BCUT2D eigenvalue weighted by Crippen LogP contribution is -2.56. The minimum Gasteiger partial charge on any atom is -0.378 e. The molecule has 2 aliphatic rings. The van der Waals surface area contributed by atoms with Gasteiger partial charge in [-0.15, -0.1) is 0 Å². The van der Waals surface area contributed by atoms with Crippen molar-refractivity contribution >= 4 is 0 Å². The Morgan fingerprint density at radius 3 is 2.83 bits per heavy atom.